The van der Waals surface area contributed by atoms with Crippen LogP contribution in [0, 0.1) is 19.3 Å². The molecule has 0 unspecified atom stereocenters. The Morgan fingerprint density at radius 3 is 2.29 bits per heavy atom. The average molecular weight is 375 g/mol. The molecule has 1 aliphatic carbocycles. The number of hydrogen-bond donors (Lipinski definition) is 2. The van der Waals surface area contributed by atoms with Crippen LogP contribution in [0.25, 0.3) is 0 Å². The van der Waals surface area contributed by atoms with Gasteiger partial charge in [0.25, 0.3) is 0 Å². The summed E-state index contributed by atoms with van der Waals surface area (Å²) in [4.78, 5) is 13.3. The van der Waals surface area contributed by atoms with Crippen molar-refractivity contribution in [1.82, 2.24) is 0 Å². The van der Waals surface area contributed by atoms with E-state index >= 15 is 0 Å². The number of ketones is 1. The van der Waals surface area contributed by atoms with E-state index in [-0.39, 0.29) is 17.2 Å². The number of anilines is 2. The van der Waals surface area contributed by atoms with E-state index in [0.717, 1.165) is 41.1 Å². The minimum atomic E-state index is -0.125. The molecule has 2 aliphatic rings. The van der Waals surface area contributed by atoms with E-state index in [2.05, 4.69) is 81.7 Å². The number of carbonyl (C=O) groups is 1. The third-order valence-corrected chi connectivity index (χ3v) is 6.15. The van der Waals surface area contributed by atoms with Crippen LogP contribution in [0.15, 0.2) is 47.7 Å². The molecule has 0 saturated carbocycles. The first-order chi connectivity index (χ1) is 13.3. The smallest absolute Gasteiger partial charge is 0.163 e. The van der Waals surface area contributed by atoms with E-state index in [1.54, 1.807) is 0 Å². The molecular formula is C25H30N2O. The normalized spacial score (nSPS) is 20.6. The Hall–Kier alpha value is -2.55. The number of fused-ring (bicyclic) bond motifs is 1. The van der Waals surface area contributed by atoms with Gasteiger partial charge in [-0.1, -0.05) is 45.0 Å². The first-order valence-corrected chi connectivity index (χ1v) is 10.3. The molecule has 2 N–H and O–H groups in total. The summed E-state index contributed by atoms with van der Waals surface area (Å²) in [6.45, 7) is 10.8. The van der Waals surface area contributed by atoms with Gasteiger partial charge < -0.3 is 10.6 Å². The van der Waals surface area contributed by atoms with Crippen molar-refractivity contribution in [2.45, 2.75) is 59.9 Å². The fourth-order valence-electron chi connectivity index (χ4n) is 4.41. The molecule has 1 aliphatic heterocycles. The van der Waals surface area contributed by atoms with E-state index in [9.17, 15) is 4.79 Å². The number of allylic oxidation sites excluding steroid dienone is 1. The van der Waals surface area contributed by atoms with Gasteiger partial charge in [-0.3, -0.25) is 4.79 Å². The van der Waals surface area contributed by atoms with Gasteiger partial charge in [0, 0.05) is 17.7 Å². The van der Waals surface area contributed by atoms with Gasteiger partial charge in [-0.15, -0.1) is 0 Å². The Labute approximate surface area is 168 Å². The molecule has 3 heteroatoms. The molecule has 1 heterocycles. The number of aryl methyl sites for hydroxylation is 3. The van der Waals surface area contributed by atoms with Gasteiger partial charge in [-0.25, -0.2) is 0 Å². The van der Waals surface area contributed by atoms with Crippen LogP contribution in [-0.2, 0) is 11.2 Å². The fourth-order valence-corrected chi connectivity index (χ4v) is 4.41. The molecule has 0 spiro atoms. The van der Waals surface area contributed by atoms with Crippen molar-refractivity contribution in [3.05, 3.63) is 69.9 Å². The van der Waals surface area contributed by atoms with Crippen LogP contribution in [0.4, 0.5) is 11.4 Å². The molecule has 0 saturated heterocycles. The molecule has 2 aromatic rings. The lowest BCUT2D eigenvalue weighted by molar-refractivity contribution is -0.118. The zero-order valence-electron chi connectivity index (χ0n) is 17.6. The highest BCUT2D eigenvalue weighted by Crippen LogP contribution is 2.45. The van der Waals surface area contributed by atoms with Gasteiger partial charge in [-0.2, -0.15) is 0 Å². The Morgan fingerprint density at radius 2 is 1.64 bits per heavy atom. The van der Waals surface area contributed by atoms with Gasteiger partial charge in [0.15, 0.2) is 5.78 Å². The first-order valence-electron chi connectivity index (χ1n) is 10.3. The summed E-state index contributed by atoms with van der Waals surface area (Å²) in [7, 11) is 0. The molecule has 3 nitrogen and oxygen atoms in total. The van der Waals surface area contributed by atoms with Crippen LogP contribution in [-0.4, -0.2) is 5.78 Å². The zero-order valence-corrected chi connectivity index (χ0v) is 17.6. The summed E-state index contributed by atoms with van der Waals surface area (Å²) >= 11 is 0. The molecule has 1 atom stereocenters. The maximum atomic E-state index is 13.3. The highest BCUT2D eigenvalue weighted by atomic mass is 16.1. The van der Waals surface area contributed by atoms with E-state index in [1.807, 2.05) is 0 Å². The van der Waals surface area contributed by atoms with Crippen LogP contribution >= 0.6 is 0 Å². The summed E-state index contributed by atoms with van der Waals surface area (Å²) < 4.78 is 0. The van der Waals surface area contributed by atoms with Gasteiger partial charge in [0.05, 0.1) is 17.4 Å². The monoisotopic (exact) mass is 374 g/mol. The summed E-state index contributed by atoms with van der Waals surface area (Å²) in [5.41, 5.74) is 9.03. The molecule has 146 valence electrons. The predicted molar refractivity (Wildman–Crippen MR) is 117 cm³/mol. The Morgan fingerprint density at radius 1 is 1.00 bits per heavy atom. The van der Waals surface area contributed by atoms with Gasteiger partial charge in [-0.05, 0) is 66.5 Å². The minimum absolute atomic E-state index is 0.0240. The molecule has 0 fully saturated rings. The maximum absolute atomic E-state index is 13.3. The summed E-state index contributed by atoms with van der Waals surface area (Å²) in [5.74, 6) is 0.247. The maximum Gasteiger partial charge on any atom is 0.163 e. The predicted octanol–water partition coefficient (Wildman–Crippen LogP) is 6.09. The lowest BCUT2D eigenvalue weighted by atomic mass is 9.73. The number of nitrogens with one attached hydrogen (secondary N) is 2. The molecule has 0 radical (unpaired) electrons. The fraction of sp³-hybridized carbons (Fsp3) is 0.400. The van der Waals surface area contributed by atoms with Crippen molar-refractivity contribution in [1.29, 1.82) is 0 Å². The van der Waals surface area contributed by atoms with Crippen LogP contribution in [0.2, 0.25) is 0 Å². The quantitative estimate of drug-likeness (QED) is 0.668. The van der Waals surface area contributed by atoms with Crippen LogP contribution in [0.3, 0.4) is 0 Å². The lowest BCUT2D eigenvalue weighted by Crippen LogP contribution is -2.31. The largest absolute Gasteiger partial charge is 0.372 e. The van der Waals surface area contributed by atoms with Gasteiger partial charge in [0.1, 0.15) is 0 Å². The average Bonchev–Trinajstić information content (AvgIpc) is 2.78. The number of hydrogen-bond acceptors (Lipinski definition) is 3. The van der Waals surface area contributed by atoms with Crippen LogP contribution in [0.1, 0.15) is 61.9 Å². The number of rotatable bonds is 2. The summed E-state index contributed by atoms with van der Waals surface area (Å²) in [5, 5.41) is 7.33. The zero-order chi connectivity index (χ0) is 20.1. The second kappa shape index (κ2) is 6.80. The molecule has 0 aromatic heterocycles. The minimum Gasteiger partial charge on any atom is -0.372 e. The third-order valence-electron chi connectivity index (χ3n) is 6.15. The van der Waals surface area contributed by atoms with Gasteiger partial charge in [0.2, 0.25) is 0 Å². The van der Waals surface area contributed by atoms with E-state index in [1.165, 1.54) is 16.7 Å². The van der Waals surface area contributed by atoms with E-state index in [4.69, 9.17) is 0 Å². The van der Waals surface area contributed by atoms with Crippen LogP contribution in [0.5, 0.6) is 0 Å². The number of carbonyl (C=O) groups excluding carboxylic acids is 1. The Balaban J connectivity index is 1.87. The molecule has 2 aromatic carbocycles. The van der Waals surface area contributed by atoms with Crippen molar-refractivity contribution in [3.63, 3.8) is 0 Å². The van der Waals surface area contributed by atoms with Crippen LogP contribution < -0.4 is 10.6 Å². The SMILES string of the molecule is CCc1ccc([C@H]2Nc3cc(C)c(C)cc3NC3=C2C(=O)CC(C)(C)C3)cc1. The molecule has 28 heavy (non-hydrogen) atoms. The highest BCUT2D eigenvalue weighted by Gasteiger charge is 2.38. The number of benzene rings is 2. The lowest BCUT2D eigenvalue weighted by Gasteiger charge is -2.34. The second-order valence-electron chi connectivity index (χ2n) is 9.11. The molecule has 0 bridgehead atoms. The number of Topliss-reactive ketones (excluding diaryl/α,β-unsaturated/α-hetero) is 1. The Kier molecular flexibility index (Phi) is 4.57. The molecule has 4 rings (SSSR count). The second-order valence-corrected chi connectivity index (χ2v) is 9.11. The van der Waals surface area contributed by atoms with Crippen molar-refractivity contribution < 1.29 is 4.79 Å². The van der Waals surface area contributed by atoms with E-state index < -0.39 is 0 Å². The van der Waals surface area contributed by atoms with Crippen molar-refractivity contribution in [2.24, 2.45) is 5.41 Å². The first kappa shape index (κ1) is 18.8. The third kappa shape index (κ3) is 3.34. The van der Waals surface area contributed by atoms with Crippen molar-refractivity contribution in [2.75, 3.05) is 10.6 Å². The highest BCUT2D eigenvalue weighted by molar-refractivity contribution is 6.01. The molecule has 0 amide bonds. The standard InChI is InChI=1S/C25H30N2O/c1-6-17-7-9-18(10-8-17)24-23-21(13-25(4,5)14-22(23)28)26-19-11-15(2)16(3)12-20(19)27-24/h7-12,24,26-27H,6,13-14H2,1-5H3/t24-/m1/s1. The molecular weight excluding hydrogens is 344 g/mol. The summed E-state index contributed by atoms with van der Waals surface area (Å²) in [6.07, 6.45) is 2.49. The van der Waals surface area contributed by atoms with Gasteiger partial charge >= 0.3 is 0 Å². The topological polar surface area (TPSA) is 41.1 Å². The summed E-state index contributed by atoms with van der Waals surface area (Å²) in [6, 6.07) is 12.9. The van der Waals surface area contributed by atoms with Crippen molar-refractivity contribution >= 4 is 17.2 Å². The van der Waals surface area contributed by atoms with E-state index in [0.29, 0.717) is 6.42 Å². The van der Waals surface area contributed by atoms with Crippen molar-refractivity contribution in [3.8, 4) is 0 Å². The Bertz CT molecular complexity index is 967.